The van der Waals surface area contributed by atoms with Crippen LogP contribution in [0.25, 0.3) is 0 Å². The number of hydrogen-bond acceptors (Lipinski definition) is 2. The van der Waals surface area contributed by atoms with Crippen molar-refractivity contribution in [2.75, 3.05) is 6.54 Å². The first-order chi connectivity index (χ1) is 7.93. The van der Waals surface area contributed by atoms with Crippen LogP contribution in [0.5, 0.6) is 0 Å². The number of Topliss-reactive ketones (excluding diaryl/α,β-unsaturated/α-hetero) is 1. The molecule has 0 bridgehead atoms. The Morgan fingerprint density at radius 2 is 1.71 bits per heavy atom. The van der Waals surface area contributed by atoms with E-state index in [4.69, 9.17) is 5.73 Å². The summed E-state index contributed by atoms with van der Waals surface area (Å²) < 4.78 is 0. The Morgan fingerprint density at radius 1 is 1.12 bits per heavy atom. The predicted molar refractivity (Wildman–Crippen MR) is 72.1 cm³/mol. The van der Waals surface area contributed by atoms with Gasteiger partial charge in [0.25, 0.3) is 0 Å². The monoisotopic (exact) mass is 233 g/mol. The molecule has 0 aliphatic heterocycles. The van der Waals surface area contributed by atoms with Gasteiger partial charge in [-0.05, 0) is 29.5 Å². The first-order valence-electron chi connectivity index (χ1n) is 6.24. The smallest absolute Gasteiger partial charge is 0.134 e. The van der Waals surface area contributed by atoms with Crippen molar-refractivity contribution in [1.82, 2.24) is 0 Å². The van der Waals surface area contributed by atoms with Crippen LogP contribution in [0.2, 0.25) is 0 Å². The van der Waals surface area contributed by atoms with Crippen molar-refractivity contribution >= 4 is 5.78 Å². The Balaban J connectivity index is 2.54. The fraction of sp³-hybridized carbons (Fsp3) is 0.533. The number of benzene rings is 1. The van der Waals surface area contributed by atoms with Crippen LogP contribution in [0.15, 0.2) is 24.3 Å². The molecular formula is C15H23NO. The maximum Gasteiger partial charge on any atom is 0.134 e. The molecule has 94 valence electrons. The van der Waals surface area contributed by atoms with E-state index in [0.717, 1.165) is 6.42 Å². The normalized spacial score (nSPS) is 11.5. The van der Waals surface area contributed by atoms with Gasteiger partial charge in [0.05, 0.1) is 0 Å². The lowest BCUT2D eigenvalue weighted by Gasteiger charge is -2.19. The molecule has 1 rings (SSSR count). The Hall–Kier alpha value is -1.15. The lowest BCUT2D eigenvalue weighted by Crippen LogP contribution is -2.11. The number of carbonyl (C=O) groups is 1. The average molecular weight is 233 g/mol. The zero-order chi connectivity index (χ0) is 12.9. The molecule has 1 aromatic rings. The highest BCUT2D eigenvalue weighted by atomic mass is 16.1. The number of nitrogens with two attached hydrogens (primary N) is 1. The summed E-state index contributed by atoms with van der Waals surface area (Å²) in [7, 11) is 0. The van der Waals surface area contributed by atoms with E-state index in [1.165, 1.54) is 11.1 Å². The van der Waals surface area contributed by atoms with Gasteiger partial charge in [-0.1, -0.05) is 45.0 Å². The quantitative estimate of drug-likeness (QED) is 0.849. The molecule has 0 aliphatic carbocycles. The van der Waals surface area contributed by atoms with Gasteiger partial charge in [-0.2, -0.15) is 0 Å². The summed E-state index contributed by atoms with van der Waals surface area (Å²) in [6.07, 6.45) is 1.93. The summed E-state index contributed by atoms with van der Waals surface area (Å²) in [5.41, 5.74) is 8.09. The minimum absolute atomic E-state index is 0.188. The van der Waals surface area contributed by atoms with Crippen molar-refractivity contribution in [1.29, 1.82) is 0 Å². The van der Waals surface area contributed by atoms with E-state index in [1.54, 1.807) is 0 Å². The highest BCUT2D eigenvalue weighted by Gasteiger charge is 2.12. The second-order valence-corrected chi connectivity index (χ2v) is 5.52. The van der Waals surface area contributed by atoms with Gasteiger partial charge in [0.2, 0.25) is 0 Å². The van der Waals surface area contributed by atoms with Gasteiger partial charge in [0.1, 0.15) is 5.78 Å². The van der Waals surface area contributed by atoms with Crippen LogP contribution in [-0.2, 0) is 16.6 Å². The minimum atomic E-state index is 0.188. The van der Waals surface area contributed by atoms with E-state index in [0.29, 0.717) is 19.4 Å². The summed E-state index contributed by atoms with van der Waals surface area (Å²) in [5.74, 6) is 0.257. The number of carbonyl (C=O) groups excluding carboxylic acids is 1. The maximum atomic E-state index is 11.4. The SMILES string of the molecule is CC(C)(C)c1ccc(CCC(=O)CCN)cc1. The van der Waals surface area contributed by atoms with Crippen molar-refractivity contribution in [2.24, 2.45) is 5.73 Å². The lowest BCUT2D eigenvalue weighted by atomic mass is 9.86. The van der Waals surface area contributed by atoms with E-state index in [9.17, 15) is 4.79 Å². The molecule has 0 unspecified atom stereocenters. The van der Waals surface area contributed by atoms with Crippen molar-refractivity contribution in [2.45, 2.75) is 45.4 Å². The number of aryl methyl sites for hydroxylation is 1. The summed E-state index contributed by atoms with van der Waals surface area (Å²) in [6, 6.07) is 8.55. The second kappa shape index (κ2) is 5.97. The Bertz CT molecular complexity index is 360. The molecule has 2 N–H and O–H groups in total. The van der Waals surface area contributed by atoms with Crippen molar-refractivity contribution in [3.63, 3.8) is 0 Å². The third kappa shape index (κ3) is 4.70. The molecule has 0 saturated carbocycles. The minimum Gasteiger partial charge on any atom is -0.330 e. The van der Waals surface area contributed by atoms with E-state index >= 15 is 0 Å². The molecular weight excluding hydrogens is 210 g/mol. The van der Waals surface area contributed by atoms with Crippen molar-refractivity contribution in [3.05, 3.63) is 35.4 Å². The van der Waals surface area contributed by atoms with Gasteiger partial charge in [-0.15, -0.1) is 0 Å². The molecule has 0 spiro atoms. The summed E-state index contributed by atoms with van der Waals surface area (Å²) >= 11 is 0. The van der Waals surface area contributed by atoms with E-state index in [-0.39, 0.29) is 11.2 Å². The Labute approximate surface area is 104 Å². The molecule has 0 aromatic heterocycles. The predicted octanol–water partition coefficient (Wildman–Crippen LogP) is 2.83. The van der Waals surface area contributed by atoms with Crippen LogP contribution in [0.4, 0.5) is 0 Å². The highest BCUT2D eigenvalue weighted by molar-refractivity contribution is 5.78. The van der Waals surface area contributed by atoms with Crippen LogP contribution < -0.4 is 5.73 Å². The van der Waals surface area contributed by atoms with Gasteiger partial charge < -0.3 is 5.73 Å². The van der Waals surface area contributed by atoms with Crippen LogP contribution >= 0.6 is 0 Å². The van der Waals surface area contributed by atoms with E-state index in [2.05, 4.69) is 45.0 Å². The van der Waals surface area contributed by atoms with E-state index in [1.807, 2.05) is 0 Å². The first-order valence-corrected chi connectivity index (χ1v) is 6.24. The number of ketones is 1. The summed E-state index contributed by atoms with van der Waals surface area (Å²) in [6.45, 7) is 7.06. The molecule has 0 saturated heterocycles. The highest BCUT2D eigenvalue weighted by Crippen LogP contribution is 2.22. The molecule has 0 heterocycles. The van der Waals surface area contributed by atoms with Gasteiger partial charge in [0, 0.05) is 12.8 Å². The van der Waals surface area contributed by atoms with Gasteiger partial charge in [-0.3, -0.25) is 4.79 Å². The zero-order valence-electron chi connectivity index (χ0n) is 11.1. The molecule has 0 amide bonds. The molecule has 0 fully saturated rings. The Morgan fingerprint density at radius 3 is 2.18 bits per heavy atom. The fourth-order valence-electron chi connectivity index (χ4n) is 1.74. The van der Waals surface area contributed by atoms with Crippen molar-refractivity contribution in [3.8, 4) is 0 Å². The van der Waals surface area contributed by atoms with Gasteiger partial charge in [-0.25, -0.2) is 0 Å². The second-order valence-electron chi connectivity index (χ2n) is 5.52. The van der Waals surface area contributed by atoms with Crippen LogP contribution in [0.1, 0.15) is 44.7 Å². The maximum absolute atomic E-state index is 11.4. The number of rotatable bonds is 5. The Kier molecular flexibility index (Phi) is 4.88. The third-order valence-electron chi connectivity index (χ3n) is 2.94. The van der Waals surface area contributed by atoms with E-state index < -0.39 is 0 Å². The van der Waals surface area contributed by atoms with Crippen LogP contribution in [0.3, 0.4) is 0 Å². The molecule has 2 heteroatoms. The molecule has 0 radical (unpaired) electrons. The topological polar surface area (TPSA) is 43.1 Å². The zero-order valence-corrected chi connectivity index (χ0v) is 11.1. The largest absolute Gasteiger partial charge is 0.330 e. The number of hydrogen-bond donors (Lipinski definition) is 1. The third-order valence-corrected chi connectivity index (χ3v) is 2.94. The average Bonchev–Trinajstić information content (AvgIpc) is 2.26. The van der Waals surface area contributed by atoms with Crippen LogP contribution in [0, 0.1) is 0 Å². The molecule has 0 atom stereocenters. The van der Waals surface area contributed by atoms with Gasteiger partial charge in [0.15, 0.2) is 0 Å². The fourth-order valence-corrected chi connectivity index (χ4v) is 1.74. The molecule has 2 nitrogen and oxygen atoms in total. The summed E-state index contributed by atoms with van der Waals surface area (Å²) in [4.78, 5) is 11.4. The molecule has 17 heavy (non-hydrogen) atoms. The van der Waals surface area contributed by atoms with Crippen molar-refractivity contribution < 1.29 is 4.79 Å². The first kappa shape index (κ1) is 13.9. The molecule has 1 aromatic carbocycles. The molecule has 0 aliphatic rings. The van der Waals surface area contributed by atoms with Gasteiger partial charge >= 0.3 is 0 Å². The summed E-state index contributed by atoms with van der Waals surface area (Å²) in [5, 5.41) is 0. The lowest BCUT2D eigenvalue weighted by molar-refractivity contribution is -0.118. The standard InChI is InChI=1S/C15H23NO/c1-15(2,3)13-7-4-12(5-8-13)6-9-14(17)10-11-16/h4-5,7-8H,6,9-11,16H2,1-3H3. The van der Waals surface area contributed by atoms with Crippen LogP contribution in [-0.4, -0.2) is 12.3 Å².